The first-order valence-electron chi connectivity index (χ1n) is 9.84. The summed E-state index contributed by atoms with van der Waals surface area (Å²) < 4.78 is 0. The van der Waals surface area contributed by atoms with Gasteiger partial charge >= 0.3 is 6.03 Å². The van der Waals surface area contributed by atoms with E-state index in [1.807, 2.05) is 55.4 Å². The van der Waals surface area contributed by atoms with E-state index in [0.29, 0.717) is 11.4 Å². The second-order valence-electron chi connectivity index (χ2n) is 7.64. The van der Waals surface area contributed by atoms with E-state index < -0.39 is 17.8 Å². The lowest BCUT2D eigenvalue weighted by molar-refractivity contribution is -0.137. The van der Waals surface area contributed by atoms with Crippen LogP contribution in [0, 0.1) is 0 Å². The number of carbonyl (C=O) groups excluding carboxylic acids is 3. The summed E-state index contributed by atoms with van der Waals surface area (Å²) in [5.74, 6) is -0.845. The molecule has 8 nitrogen and oxygen atoms in total. The molecule has 160 valence electrons. The Morgan fingerprint density at radius 2 is 1.81 bits per heavy atom. The third-order valence-corrected chi connectivity index (χ3v) is 5.62. The summed E-state index contributed by atoms with van der Waals surface area (Å²) in [6, 6.07) is 14.3. The summed E-state index contributed by atoms with van der Waals surface area (Å²) in [4.78, 5) is 39.8. The molecule has 2 aromatic carbocycles. The van der Waals surface area contributed by atoms with E-state index in [-0.39, 0.29) is 19.1 Å². The van der Waals surface area contributed by atoms with Crippen molar-refractivity contribution in [2.75, 3.05) is 32.1 Å². The first-order chi connectivity index (χ1) is 14.8. The summed E-state index contributed by atoms with van der Waals surface area (Å²) in [5, 5.41) is 9.00. The zero-order valence-corrected chi connectivity index (χ0v) is 18.0. The zero-order valence-electron chi connectivity index (χ0n) is 17.2. The molecular weight excluding hydrogens is 418 g/mol. The summed E-state index contributed by atoms with van der Waals surface area (Å²) >= 11 is 6.00. The minimum atomic E-state index is -0.564. The van der Waals surface area contributed by atoms with Crippen molar-refractivity contribution in [2.24, 2.45) is 5.10 Å². The highest BCUT2D eigenvalue weighted by Gasteiger charge is 2.37. The Labute approximate surface area is 185 Å². The van der Waals surface area contributed by atoms with E-state index in [0.717, 1.165) is 27.4 Å². The summed E-state index contributed by atoms with van der Waals surface area (Å²) in [7, 11) is 3.92. The van der Waals surface area contributed by atoms with Crippen molar-refractivity contribution in [2.45, 2.75) is 12.5 Å². The molecule has 1 saturated heterocycles. The molecule has 0 saturated carbocycles. The fourth-order valence-electron chi connectivity index (χ4n) is 3.63. The van der Waals surface area contributed by atoms with Gasteiger partial charge in [-0.15, -0.1) is 0 Å². The van der Waals surface area contributed by atoms with Crippen LogP contribution in [0.15, 0.2) is 53.6 Å². The summed E-state index contributed by atoms with van der Waals surface area (Å²) in [6.07, 6.45) is 0.509. The number of urea groups is 1. The molecule has 1 unspecified atom stereocenters. The fraction of sp³-hybridized carbons (Fsp3) is 0.273. The number of benzene rings is 2. The van der Waals surface area contributed by atoms with Gasteiger partial charge in [-0.1, -0.05) is 35.9 Å². The number of halogens is 1. The monoisotopic (exact) mass is 439 g/mol. The maximum atomic E-state index is 13.1. The predicted molar refractivity (Wildman–Crippen MR) is 118 cm³/mol. The second kappa shape index (κ2) is 8.39. The van der Waals surface area contributed by atoms with Gasteiger partial charge in [0.05, 0.1) is 18.3 Å². The quantitative estimate of drug-likeness (QED) is 0.726. The van der Waals surface area contributed by atoms with Crippen LogP contribution in [0.5, 0.6) is 0 Å². The second-order valence-corrected chi connectivity index (χ2v) is 8.07. The Balaban J connectivity index is 1.63. The molecule has 0 radical (unpaired) electrons. The minimum Gasteiger partial charge on any atom is -0.378 e. The predicted octanol–water partition coefficient (Wildman–Crippen LogP) is 2.64. The van der Waals surface area contributed by atoms with Gasteiger partial charge in [0.1, 0.15) is 6.54 Å². The Bertz CT molecular complexity index is 1030. The van der Waals surface area contributed by atoms with Crippen molar-refractivity contribution < 1.29 is 14.4 Å². The van der Waals surface area contributed by atoms with E-state index >= 15 is 0 Å². The average Bonchev–Trinajstić information content (AvgIpc) is 3.34. The molecule has 2 heterocycles. The van der Waals surface area contributed by atoms with E-state index in [4.69, 9.17) is 11.6 Å². The summed E-state index contributed by atoms with van der Waals surface area (Å²) in [5.41, 5.74) is 3.56. The van der Waals surface area contributed by atoms with Crippen LogP contribution in [0.2, 0.25) is 5.02 Å². The van der Waals surface area contributed by atoms with Crippen molar-refractivity contribution >= 4 is 40.8 Å². The van der Waals surface area contributed by atoms with Gasteiger partial charge in [-0.2, -0.15) is 5.10 Å². The van der Waals surface area contributed by atoms with Gasteiger partial charge in [0, 0.05) is 31.2 Å². The molecule has 9 heteroatoms. The Hall–Kier alpha value is -3.39. The number of hydrogen-bond donors (Lipinski definition) is 1. The van der Waals surface area contributed by atoms with E-state index in [1.165, 1.54) is 5.01 Å². The Morgan fingerprint density at radius 1 is 1.13 bits per heavy atom. The van der Waals surface area contributed by atoms with E-state index in [9.17, 15) is 14.4 Å². The zero-order chi connectivity index (χ0) is 22.1. The lowest BCUT2D eigenvalue weighted by Gasteiger charge is -2.24. The van der Waals surface area contributed by atoms with Gasteiger partial charge in [-0.05, 0) is 35.4 Å². The van der Waals surface area contributed by atoms with E-state index in [2.05, 4.69) is 10.4 Å². The van der Waals surface area contributed by atoms with Crippen molar-refractivity contribution in [3.8, 4) is 0 Å². The van der Waals surface area contributed by atoms with Gasteiger partial charge in [-0.25, -0.2) is 9.80 Å². The van der Waals surface area contributed by atoms with Crippen LogP contribution in [-0.2, 0) is 9.59 Å². The normalized spacial score (nSPS) is 18.3. The maximum Gasteiger partial charge on any atom is 0.325 e. The standard InChI is InChI=1S/C22H22ClN5O3/c1-26(2)17-9-5-15(6-10-17)19-11-18(14-3-7-16(23)8-4-14)25-28(19)21(30)13-27-20(29)12-24-22(27)31/h3-10,19H,11-13H2,1-2H3,(H,24,31). The molecule has 4 amide bonds. The number of imide groups is 1. The van der Waals surface area contributed by atoms with Crippen LogP contribution in [0.25, 0.3) is 0 Å². The number of anilines is 1. The molecule has 0 bridgehead atoms. The fourth-order valence-corrected chi connectivity index (χ4v) is 3.76. The Morgan fingerprint density at radius 3 is 2.39 bits per heavy atom. The van der Waals surface area contributed by atoms with Gasteiger partial charge in [0.15, 0.2) is 0 Å². The molecule has 31 heavy (non-hydrogen) atoms. The summed E-state index contributed by atoms with van der Waals surface area (Å²) in [6.45, 7) is -0.449. The molecule has 2 aromatic rings. The molecule has 0 aliphatic carbocycles. The largest absolute Gasteiger partial charge is 0.378 e. The topological polar surface area (TPSA) is 85.3 Å². The molecule has 1 N–H and O–H groups in total. The molecule has 2 aliphatic heterocycles. The SMILES string of the molecule is CN(C)c1ccc(C2CC(c3ccc(Cl)cc3)=NN2C(=O)CN2C(=O)CNC2=O)cc1. The van der Waals surface area contributed by atoms with E-state index in [1.54, 1.807) is 12.1 Å². The molecule has 2 aliphatic rings. The molecule has 0 spiro atoms. The molecular formula is C22H22ClN5O3. The number of hydrazone groups is 1. The van der Waals surface area contributed by atoms with Crippen LogP contribution >= 0.6 is 11.6 Å². The van der Waals surface area contributed by atoms with Gasteiger partial charge < -0.3 is 10.2 Å². The minimum absolute atomic E-state index is 0.0964. The van der Waals surface area contributed by atoms with Crippen LogP contribution in [0.1, 0.15) is 23.6 Å². The third kappa shape index (κ3) is 4.25. The van der Waals surface area contributed by atoms with Crippen molar-refractivity contribution in [1.29, 1.82) is 0 Å². The van der Waals surface area contributed by atoms with Crippen LogP contribution in [-0.4, -0.2) is 60.7 Å². The number of carbonyl (C=O) groups is 3. The van der Waals surface area contributed by atoms with Crippen molar-refractivity contribution in [1.82, 2.24) is 15.2 Å². The molecule has 4 rings (SSSR count). The highest BCUT2D eigenvalue weighted by Crippen LogP contribution is 2.34. The third-order valence-electron chi connectivity index (χ3n) is 5.37. The number of nitrogens with one attached hydrogen (secondary N) is 1. The first-order valence-corrected chi connectivity index (χ1v) is 10.2. The highest BCUT2D eigenvalue weighted by molar-refractivity contribution is 6.30. The molecule has 1 atom stereocenters. The smallest absolute Gasteiger partial charge is 0.325 e. The number of rotatable bonds is 5. The lowest BCUT2D eigenvalue weighted by Crippen LogP contribution is -2.41. The number of amides is 4. The van der Waals surface area contributed by atoms with Crippen LogP contribution in [0.4, 0.5) is 10.5 Å². The van der Waals surface area contributed by atoms with Gasteiger partial charge in [0.25, 0.3) is 11.8 Å². The van der Waals surface area contributed by atoms with Gasteiger partial charge in [0.2, 0.25) is 0 Å². The highest BCUT2D eigenvalue weighted by atomic mass is 35.5. The molecule has 0 aromatic heterocycles. The van der Waals surface area contributed by atoms with Crippen molar-refractivity contribution in [3.63, 3.8) is 0 Å². The molecule has 1 fully saturated rings. The average molecular weight is 440 g/mol. The lowest BCUT2D eigenvalue weighted by atomic mass is 9.98. The van der Waals surface area contributed by atoms with Crippen molar-refractivity contribution in [3.05, 3.63) is 64.7 Å². The first kappa shape index (κ1) is 20.9. The van der Waals surface area contributed by atoms with Gasteiger partial charge in [-0.3, -0.25) is 14.5 Å². The number of nitrogens with zero attached hydrogens (tertiary/aromatic N) is 4. The maximum absolute atomic E-state index is 13.1. The Kier molecular flexibility index (Phi) is 5.65. The van der Waals surface area contributed by atoms with Crippen LogP contribution < -0.4 is 10.2 Å². The van der Waals surface area contributed by atoms with Crippen LogP contribution in [0.3, 0.4) is 0 Å². The number of hydrogen-bond acceptors (Lipinski definition) is 5.